The van der Waals surface area contributed by atoms with Crippen LogP contribution >= 0.6 is 15.9 Å². The van der Waals surface area contributed by atoms with Gasteiger partial charge < -0.3 is 4.90 Å². The van der Waals surface area contributed by atoms with Crippen LogP contribution < -0.4 is 16.1 Å². The van der Waals surface area contributed by atoms with E-state index in [4.69, 9.17) is 4.98 Å². The van der Waals surface area contributed by atoms with Crippen LogP contribution in [0.25, 0.3) is 11.2 Å². The monoisotopic (exact) mass is 536 g/mol. The molecule has 9 heteroatoms. The van der Waals surface area contributed by atoms with E-state index in [2.05, 4.69) is 75.1 Å². The zero-order valence-electron chi connectivity index (χ0n) is 20.2. The number of aromatic nitrogens is 4. The lowest BCUT2D eigenvalue weighted by Gasteiger charge is -2.35. The molecule has 1 aliphatic rings. The zero-order valence-corrected chi connectivity index (χ0v) is 21.8. The molecule has 0 unspecified atom stereocenters. The Bertz CT molecular complexity index is 1490. The predicted molar refractivity (Wildman–Crippen MR) is 142 cm³/mol. The van der Waals surface area contributed by atoms with Crippen LogP contribution in [-0.4, -0.2) is 49.8 Å². The summed E-state index contributed by atoms with van der Waals surface area (Å²) in [6.07, 6.45) is 0. The van der Waals surface area contributed by atoms with Gasteiger partial charge in [-0.05, 0) is 30.2 Å². The molecule has 0 atom stereocenters. The van der Waals surface area contributed by atoms with Crippen LogP contribution in [-0.2, 0) is 27.2 Å². The average molecular weight is 537 g/mol. The quantitative estimate of drug-likeness (QED) is 0.392. The number of aryl methyl sites for hydroxylation is 2. The minimum atomic E-state index is -0.367. The first kappa shape index (κ1) is 23.6. The minimum Gasteiger partial charge on any atom is -0.340 e. The van der Waals surface area contributed by atoms with Crippen molar-refractivity contribution in [3.63, 3.8) is 0 Å². The lowest BCUT2D eigenvalue weighted by Crippen LogP contribution is -2.47. The van der Waals surface area contributed by atoms with E-state index >= 15 is 0 Å². The lowest BCUT2D eigenvalue weighted by atomic mass is 10.1. The van der Waals surface area contributed by atoms with Crippen molar-refractivity contribution in [1.29, 1.82) is 0 Å². The Kier molecular flexibility index (Phi) is 6.37. The highest BCUT2D eigenvalue weighted by Gasteiger charge is 2.26. The van der Waals surface area contributed by atoms with Gasteiger partial charge in [-0.2, -0.15) is 4.98 Å². The average Bonchev–Trinajstić information content (AvgIpc) is 3.22. The zero-order chi connectivity index (χ0) is 24.7. The van der Waals surface area contributed by atoms with E-state index in [-0.39, 0.29) is 11.2 Å². The maximum absolute atomic E-state index is 13.2. The molecule has 0 amide bonds. The van der Waals surface area contributed by atoms with Gasteiger partial charge in [0.25, 0.3) is 5.56 Å². The molecule has 2 aromatic carbocycles. The highest BCUT2D eigenvalue weighted by atomic mass is 79.9. The molecule has 4 aromatic rings. The van der Waals surface area contributed by atoms with E-state index in [0.29, 0.717) is 17.7 Å². The van der Waals surface area contributed by atoms with Gasteiger partial charge in [-0.25, -0.2) is 4.79 Å². The standard InChI is InChI=1S/C26H29BrN6O2/c1-18-5-4-6-20(15-18)17-33-22-23(29(2)26(35)30(3)24(22)34)28-25(33)32-13-11-31(12-14-32)16-19-7-9-21(27)10-8-19/h4-10,15H,11-14,16-17H2,1-3H3. The van der Waals surface area contributed by atoms with Crippen molar-refractivity contribution in [2.24, 2.45) is 14.1 Å². The van der Waals surface area contributed by atoms with E-state index in [1.807, 2.05) is 10.6 Å². The van der Waals surface area contributed by atoms with E-state index in [0.717, 1.165) is 58.8 Å². The van der Waals surface area contributed by atoms with Crippen molar-refractivity contribution in [1.82, 2.24) is 23.6 Å². The Morgan fingerprint density at radius 1 is 0.886 bits per heavy atom. The van der Waals surface area contributed by atoms with Gasteiger partial charge in [-0.15, -0.1) is 0 Å². The fourth-order valence-electron chi connectivity index (χ4n) is 4.77. The highest BCUT2D eigenvalue weighted by Crippen LogP contribution is 2.23. The number of anilines is 1. The van der Waals surface area contributed by atoms with Gasteiger partial charge in [-0.1, -0.05) is 57.9 Å². The van der Waals surface area contributed by atoms with Crippen LogP contribution in [0.2, 0.25) is 0 Å². The molecular weight excluding hydrogens is 508 g/mol. The first-order valence-electron chi connectivity index (χ1n) is 11.8. The summed E-state index contributed by atoms with van der Waals surface area (Å²) in [6.45, 7) is 6.84. The van der Waals surface area contributed by atoms with Gasteiger partial charge in [0.2, 0.25) is 5.95 Å². The van der Waals surface area contributed by atoms with Crippen molar-refractivity contribution in [2.45, 2.75) is 20.0 Å². The van der Waals surface area contributed by atoms with Gasteiger partial charge in [0.05, 0.1) is 6.54 Å². The fourth-order valence-corrected chi connectivity index (χ4v) is 5.04. The summed E-state index contributed by atoms with van der Waals surface area (Å²) in [5, 5.41) is 0. The van der Waals surface area contributed by atoms with Gasteiger partial charge in [-0.3, -0.25) is 23.4 Å². The molecule has 0 bridgehead atoms. The Morgan fingerprint density at radius 3 is 2.29 bits per heavy atom. The second-order valence-electron chi connectivity index (χ2n) is 9.25. The molecule has 0 spiro atoms. The third-order valence-electron chi connectivity index (χ3n) is 6.73. The summed E-state index contributed by atoms with van der Waals surface area (Å²) in [4.78, 5) is 35.3. The SMILES string of the molecule is Cc1cccc(Cn2c(N3CCN(Cc4ccc(Br)cc4)CC3)nc3c2c(=O)n(C)c(=O)n3C)c1. The van der Waals surface area contributed by atoms with Crippen LogP contribution in [0.5, 0.6) is 0 Å². The second-order valence-corrected chi connectivity index (χ2v) is 10.2. The van der Waals surface area contributed by atoms with Crippen molar-refractivity contribution in [2.75, 3.05) is 31.1 Å². The number of imidazole rings is 1. The van der Waals surface area contributed by atoms with Crippen molar-refractivity contribution < 1.29 is 0 Å². The predicted octanol–water partition coefficient (Wildman–Crippen LogP) is 2.88. The highest BCUT2D eigenvalue weighted by molar-refractivity contribution is 9.10. The summed E-state index contributed by atoms with van der Waals surface area (Å²) >= 11 is 3.50. The van der Waals surface area contributed by atoms with Crippen LogP contribution in [0, 0.1) is 6.92 Å². The summed E-state index contributed by atoms with van der Waals surface area (Å²) in [6, 6.07) is 16.7. The smallest absolute Gasteiger partial charge is 0.332 e. The van der Waals surface area contributed by atoms with Gasteiger partial charge >= 0.3 is 5.69 Å². The topological polar surface area (TPSA) is 68.3 Å². The fraction of sp³-hybridized carbons (Fsp3) is 0.346. The van der Waals surface area contributed by atoms with Crippen molar-refractivity contribution in [3.05, 3.63) is 90.5 Å². The molecule has 0 aliphatic carbocycles. The number of hydrogen-bond donors (Lipinski definition) is 0. The molecule has 1 aliphatic heterocycles. The summed E-state index contributed by atoms with van der Waals surface area (Å²) in [5.74, 6) is 0.739. The third-order valence-corrected chi connectivity index (χ3v) is 7.25. The second kappa shape index (κ2) is 9.47. The van der Waals surface area contributed by atoms with Crippen LogP contribution in [0.3, 0.4) is 0 Å². The first-order chi connectivity index (χ1) is 16.8. The van der Waals surface area contributed by atoms with Crippen LogP contribution in [0.1, 0.15) is 16.7 Å². The Hall–Kier alpha value is -3.17. The van der Waals surface area contributed by atoms with Gasteiger partial charge in [0.1, 0.15) is 0 Å². The molecule has 5 rings (SSSR count). The molecule has 0 radical (unpaired) electrons. The molecule has 3 heterocycles. The van der Waals surface area contributed by atoms with Crippen LogP contribution in [0.4, 0.5) is 5.95 Å². The molecule has 1 fully saturated rings. The van der Waals surface area contributed by atoms with E-state index in [1.54, 1.807) is 7.05 Å². The van der Waals surface area contributed by atoms with Gasteiger partial charge in [0, 0.05) is 51.3 Å². The van der Waals surface area contributed by atoms with Crippen LogP contribution in [0.15, 0.2) is 62.6 Å². The van der Waals surface area contributed by atoms with Gasteiger partial charge in [0.15, 0.2) is 11.2 Å². The number of hydrogen-bond acceptors (Lipinski definition) is 5. The normalized spacial score (nSPS) is 14.7. The summed E-state index contributed by atoms with van der Waals surface area (Å²) in [7, 11) is 3.20. The minimum absolute atomic E-state index is 0.316. The molecule has 2 aromatic heterocycles. The largest absolute Gasteiger partial charge is 0.340 e. The number of piperazine rings is 1. The van der Waals surface area contributed by atoms with E-state index < -0.39 is 0 Å². The number of halogens is 1. The van der Waals surface area contributed by atoms with Crippen molar-refractivity contribution >= 4 is 33.0 Å². The third kappa shape index (κ3) is 4.58. The Balaban J connectivity index is 1.49. The van der Waals surface area contributed by atoms with E-state index in [9.17, 15) is 9.59 Å². The lowest BCUT2D eigenvalue weighted by molar-refractivity contribution is 0.248. The molecule has 35 heavy (non-hydrogen) atoms. The molecule has 0 saturated carbocycles. The number of rotatable bonds is 5. The van der Waals surface area contributed by atoms with E-state index in [1.165, 1.54) is 17.2 Å². The number of benzene rings is 2. The molecule has 8 nitrogen and oxygen atoms in total. The summed E-state index contributed by atoms with van der Waals surface area (Å²) < 4.78 is 5.70. The molecule has 0 N–H and O–H groups in total. The molecular formula is C26H29BrN6O2. The maximum Gasteiger partial charge on any atom is 0.332 e. The first-order valence-corrected chi connectivity index (χ1v) is 12.5. The number of fused-ring (bicyclic) bond motifs is 1. The van der Waals surface area contributed by atoms with Crippen molar-refractivity contribution in [3.8, 4) is 0 Å². The number of nitrogens with zero attached hydrogens (tertiary/aromatic N) is 6. The Labute approximate surface area is 212 Å². The molecule has 1 saturated heterocycles. The summed E-state index contributed by atoms with van der Waals surface area (Å²) in [5.41, 5.74) is 3.75. The molecule has 182 valence electrons. The Morgan fingerprint density at radius 2 is 1.60 bits per heavy atom. The maximum atomic E-state index is 13.2.